The van der Waals surface area contributed by atoms with E-state index in [1.54, 1.807) is 30.7 Å². The molecule has 0 amide bonds. The summed E-state index contributed by atoms with van der Waals surface area (Å²) in [4.78, 5) is 31.5. The number of carbonyl (C=O) groups is 1. The van der Waals surface area contributed by atoms with E-state index in [9.17, 15) is 15.0 Å². The molecule has 1 aliphatic carbocycles. The average molecular weight is 591 g/mol. The topological polar surface area (TPSA) is 144 Å². The number of benzene rings is 1. The summed E-state index contributed by atoms with van der Waals surface area (Å²) in [5.74, 6) is -0.0100. The number of aromatic nitrogens is 3. The van der Waals surface area contributed by atoms with E-state index in [1.807, 2.05) is 30.0 Å². The van der Waals surface area contributed by atoms with Crippen molar-refractivity contribution in [3.8, 4) is 11.1 Å². The average Bonchev–Trinajstić information content (AvgIpc) is 3.76. The highest BCUT2D eigenvalue weighted by molar-refractivity contribution is 5.82. The Labute approximate surface area is 250 Å². The Balaban J connectivity index is 1.13. The van der Waals surface area contributed by atoms with Crippen LogP contribution in [-0.4, -0.2) is 97.9 Å². The highest BCUT2D eigenvalue weighted by atomic mass is 19.1. The fraction of sp³-hybridized carbons (Fsp3) is 0.484. The van der Waals surface area contributed by atoms with Crippen molar-refractivity contribution in [1.29, 1.82) is 0 Å². The normalized spacial score (nSPS) is 22.8. The first-order chi connectivity index (χ1) is 20.8. The zero-order valence-electron chi connectivity index (χ0n) is 24.4. The molecule has 3 fully saturated rings. The number of carboxylic acids is 1. The van der Waals surface area contributed by atoms with E-state index in [0.717, 1.165) is 17.5 Å². The van der Waals surface area contributed by atoms with E-state index >= 15 is 4.39 Å². The van der Waals surface area contributed by atoms with Crippen LogP contribution >= 0.6 is 0 Å². The zero-order valence-corrected chi connectivity index (χ0v) is 24.4. The molecule has 2 saturated heterocycles. The van der Waals surface area contributed by atoms with Crippen LogP contribution in [0.25, 0.3) is 11.1 Å². The third kappa shape index (κ3) is 5.92. The molecule has 1 aromatic carbocycles. The first-order valence-electron chi connectivity index (χ1n) is 15.0. The molecule has 3 aromatic rings. The number of nitrogens with two attached hydrogens (primary N) is 1. The molecule has 1 saturated carbocycles. The lowest BCUT2D eigenvalue weighted by Gasteiger charge is -2.40. The van der Waals surface area contributed by atoms with E-state index < -0.39 is 17.6 Å². The molecule has 11 nitrogen and oxygen atoms in total. The predicted octanol–water partition coefficient (Wildman–Crippen LogP) is 3.01. The van der Waals surface area contributed by atoms with Gasteiger partial charge in [-0.2, -0.15) is 0 Å². The lowest BCUT2D eigenvalue weighted by molar-refractivity contribution is -0.146. The number of nitrogens with one attached hydrogen (secondary N) is 1. The van der Waals surface area contributed by atoms with E-state index in [1.165, 1.54) is 0 Å². The smallest absolute Gasteiger partial charge is 0.324 e. The largest absolute Gasteiger partial charge is 0.480 e. The molecule has 0 spiro atoms. The fourth-order valence-electron chi connectivity index (χ4n) is 6.52. The first-order valence-corrected chi connectivity index (χ1v) is 15.0. The summed E-state index contributed by atoms with van der Waals surface area (Å²) in [6, 6.07) is 8.97. The van der Waals surface area contributed by atoms with E-state index in [-0.39, 0.29) is 17.9 Å². The maximum Gasteiger partial charge on any atom is 0.324 e. The number of nitrogens with zero attached hydrogens (tertiary/aromatic N) is 6. The van der Waals surface area contributed by atoms with Gasteiger partial charge in [-0.05, 0) is 62.9 Å². The van der Waals surface area contributed by atoms with Crippen molar-refractivity contribution >= 4 is 23.4 Å². The second kappa shape index (κ2) is 12.1. The Morgan fingerprint density at radius 1 is 1.14 bits per heavy atom. The van der Waals surface area contributed by atoms with Crippen molar-refractivity contribution in [1.82, 2.24) is 24.8 Å². The van der Waals surface area contributed by atoms with Crippen molar-refractivity contribution in [2.45, 2.75) is 56.3 Å². The molecule has 5 N–H and O–H groups in total. The third-order valence-corrected chi connectivity index (χ3v) is 9.21. The number of hydrogen-bond donors (Lipinski definition) is 4. The number of anilines is 3. The van der Waals surface area contributed by atoms with Gasteiger partial charge in [0.25, 0.3) is 0 Å². The molecular formula is C31H39FN8O3. The SMILES string of the molecule is CC(c1cccc(Nc2cc(-c3cnc(N4CC(O)CC4CCN)nc3)ccn2)c1F)N1CCN(C2(C(=O)O)CC2)CC1. The van der Waals surface area contributed by atoms with Gasteiger partial charge in [0.05, 0.1) is 11.8 Å². The Bertz CT molecular complexity index is 1450. The van der Waals surface area contributed by atoms with Gasteiger partial charge in [-0.3, -0.25) is 14.6 Å². The second-order valence-corrected chi connectivity index (χ2v) is 11.8. The summed E-state index contributed by atoms with van der Waals surface area (Å²) in [5.41, 5.74) is 7.61. The number of piperazine rings is 1. The molecular weight excluding hydrogens is 551 g/mol. The Morgan fingerprint density at radius 3 is 2.56 bits per heavy atom. The molecule has 2 aliphatic heterocycles. The number of pyridine rings is 1. The second-order valence-electron chi connectivity index (χ2n) is 11.8. The molecule has 228 valence electrons. The van der Waals surface area contributed by atoms with Crippen molar-refractivity contribution in [2.75, 3.05) is 49.5 Å². The number of β-amino-alcohol motifs (C(OH)–C–C–N with tert-alkyl or cyclic N) is 1. The van der Waals surface area contributed by atoms with Gasteiger partial charge >= 0.3 is 5.97 Å². The number of carboxylic acid groups (broad SMARTS) is 1. The molecule has 0 radical (unpaired) electrons. The highest BCUT2D eigenvalue weighted by Gasteiger charge is 2.55. The molecule has 6 rings (SSSR count). The minimum absolute atomic E-state index is 0.118. The molecule has 3 unspecified atom stereocenters. The number of aliphatic carboxylic acids is 1. The van der Waals surface area contributed by atoms with Crippen LogP contribution in [0, 0.1) is 5.82 Å². The molecule has 3 atom stereocenters. The summed E-state index contributed by atoms with van der Waals surface area (Å²) in [5, 5.41) is 22.9. The number of aliphatic hydroxyl groups excluding tert-OH is 1. The van der Waals surface area contributed by atoms with Crippen molar-refractivity contribution in [3.63, 3.8) is 0 Å². The predicted molar refractivity (Wildman–Crippen MR) is 162 cm³/mol. The van der Waals surface area contributed by atoms with Gasteiger partial charge in [0, 0.05) is 74.5 Å². The molecule has 4 heterocycles. The van der Waals surface area contributed by atoms with Gasteiger partial charge in [0.1, 0.15) is 11.4 Å². The highest BCUT2D eigenvalue weighted by Crippen LogP contribution is 2.43. The van der Waals surface area contributed by atoms with Gasteiger partial charge in [-0.1, -0.05) is 12.1 Å². The van der Waals surface area contributed by atoms with Crippen LogP contribution in [-0.2, 0) is 4.79 Å². The van der Waals surface area contributed by atoms with Crippen LogP contribution in [0.1, 0.15) is 44.2 Å². The Kier molecular flexibility index (Phi) is 8.27. The van der Waals surface area contributed by atoms with Crippen LogP contribution in [0.3, 0.4) is 0 Å². The van der Waals surface area contributed by atoms with E-state index in [2.05, 4.69) is 30.1 Å². The maximum atomic E-state index is 15.8. The van der Waals surface area contributed by atoms with Crippen LogP contribution in [0.4, 0.5) is 21.8 Å². The standard InChI is InChI=1S/C31H39FN8O3/c1-20(38-11-13-39(14-12-38)31(7-8-31)29(42)43)25-3-2-4-26(28(25)32)37-27-15-21(6-10-34-27)22-17-35-30(36-18-22)40-19-24(41)16-23(40)5-9-33/h2-4,6,10,15,17-18,20,23-24,41H,5,7-9,11-14,16,19,33H2,1H3,(H,34,37)(H,42,43). The zero-order chi connectivity index (χ0) is 30.1. The number of hydrogen-bond acceptors (Lipinski definition) is 10. The molecule has 43 heavy (non-hydrogen) atoms. The van der Waals surface area contributed by atoms with Gasteiger partial charge in [0.2, 0.25) is 5.95 Å². The van der Waals surface area contributed by atoms with Crippen LogP contribution < -0.4 is 16.0 Å². The van der Waals surface area contributed by atoms with Crippen LogP contribution in [0.2, 0.25) is 0 Å². The first kappa shape index (κ1) is 29.4. The minimum Gasteiger partial charge on any atom is -0.480 e. The summed E-state index contributed by atoms with van der Waals surface area (Å²) < 4.78 is 15.8. The van der Waals surface area contributed by atoms with Gasteiger partial charge in [0.15, 0.2) is 5.82 Å². The fourth-order valence-corrected chi connectivity index (χ4v) is 6.52. The van der Waals surface area contributed by atoms with Crippen molar-refractivity contribution in [2.24, 2.45) is 5.73 Å². The van der Waals surface area contributed by atoms with Gasteiger partial charge < -0.3 is 26.2 Å². The van der Waals surface area contributed by atoms with E-state index in [4.69, 9.17) is 5.73 Å². The quantitative estimate of drug-likeness (QED) is 0.277. The molecule has 2 aromatic heterocycles. The lowest BCUT2D eigenvalue weighted by atomic mass is 10.0. The van der Waals surface area contributed by atoms with Gasteiger partial charge in [-0.15, -0.1) is 0 Å². The van der Waals surface area contributed by atoms with Crippen LogP contribution in [0.5, 0.6) is 0 Å². The summed E-state index contributed by atoms with van der Waals surface area (Å²) in [7, 11) is 0. The van der Waals surface area contributed by atoms with Crippen LogP contribution in [0.15, 0.2) is 48.9 Å². The minimum atomic E-state index is -0.736. The third-order valence-electron chi connectivity index (χ3n) is 9.21. The number of rotatable bonds is 10. The monoisotopic (exact) mass is 590 g/mol. The molecule has 0 bridgehead atoms. The number of aliphatic hydroxyl groups is 1. The van der Waals surface area contributed by atoms with Gasteiger partial charge in [-0.25, -0.2) is 19.3 Å². The number of halogens is 1. The lowest BCUT2D eigenvalue weighted by Crippen LogP contribution is -2.54. The van der Waals surface area contributed by atoms with Crippen molar-refractivity contribution in [3.05, 3.63) is 60.3 Å². The summed E-state index contributed by atoms with van der Waals surface area (Å²) >= 11 is 0. The molecule has 3 aliphatic rings. The Hall–Kier alpha value is -3.71. The summed E-state index contributed by atoms with van der Waals surface area (Å²) in [6.45, 7) is 5.70. The summed E-state index contributed by atoms with van der Waals surface area (Å²) in [6.07, 6.45) is 7.56. The molecule has 12 heteroatoms. The van der Waals surface area contributed by atoms with Crippen molar-refractivity contribution < 1.29 is 19.4 Å². The maximum absolute atomic E-state index is 15.8. The van der Waals surface area contributed by atoms with E-state index in [0.29, 0.717) is 81.5 Å². The Morgan fingerprint density at radius 2 is 1.88 bits per heavy atom.